The summed E-state index contributed by atoms with van der Waals surface area (Å²) in [6, 6.07) is 11.6. The van der Waals surface area contributed by atoms with Crippen LogP contribution < -0.4 is 26.1 Å². The van der Waals surface area contributed by atoms with Gasteiger partial charge in [-0.3, -0.25) is 9.59 Å². The number of carbonyl (C=O) groups excluding carboxylic acids is 1. The van der Waals surface area contributed by atoms with E-state index in [1.807, 2.05) is 43.3 Å². The molecule has 0 saturated heterocycles. The van der Waals surface area contributed by atoms with Crippen LogP contribution >= 0.6 is 0 Å². The van der Waals surface area contributed by atoms with Crippen molar-refractivity contribution in [2.75, 3.05) is 18.7 Å². The Kier molecular flexibility index (Phi) is 4.64. The van der Waals surface area contributed by atoms with E-state index < -0.39 is 5.91 Å². The zero-order valence-corrected chi connectivity index (χ0v) is 17.1. The molecule has 0 bridgehead atoms. The van der Waals surface area contributed by atoms with Crippen LogP contribution in [0.25, 0.3) is 32.8 Å². The van der Waals surface area contributed by atoms with Crippen LogP contribution in [0.4, 0.5) is 5.82 Å². The minimum atomic E-state index is -0.762. The second kappa shape index (κ2) is 7.63. The largest absolute Gasteiger partial charge is 0.454 e. The van der Waals surface area contributed by atoms with E-state index in [0.29, 0.717) is 45.7 Å². The number of amides is 1. The van der Waals surface area contributed by atoms with Crippen molar-refractivity contribution in [3.63, 3.8) is 0 Å². The number of primary amides is 1. The van der Waals surface area contributed by atoms with Crippen molar-refractivity contribution < 1.29 is 14.3 Å². The molecule has 0 aliphatic carbocycles. The number of nitrogens with zero attached hydrogens (tertiary/aromatic N) is 1. The summed E-state index contributed by atoms with van der Waals surface area (Å²) in [5.74, 6) is 6.27. The topological polar surface area (TPSA) is 119 Å². The summed E-state index contributed by atoms with van der Waals surface area (Å²) in [7, 11) is 0. The highest BCUT2D eigenvalue weighted by Gasteiger charge is 2.17. The fraction of sp³-hybridized carbons (Fsp3) is 0.125. The maximum Gasteiger partial charge on any atom is 0.293 e. The first kappa shape index (κ1) is 19.5. The summed E-state index contributed by atoms with van der Waals surface area (Å²) in [4.78, 5) is 31.4. The van der Waals surface area contributed by atoms with Gasteiger partial charge < -0.3 is 25.5 Å². The lowest BCUT2D eigenvalue weighted by molar-refractivity contribution is -0.112. The van der Waals surface area contributed by atoms with E-state index >= 15 is 0 Å². The van der Waals surface area contributed by atoms with Crippen LogP contribution in [-0.4, -0.2) is 29.2 Å². The Morgan fingerprint density at radius 1 is 1.16 bits per heavy atom. The van der Waals surface area contributed by atoms with Crippen molar-refractivity contribution in [2.24, 2.45) is 5.73 Å². The van der Waals surface area contributed by atoms with Crippen molar-refractivity contribution in [2.45, 2.75) is 6.92 Å². The molecule has 32 heavy (non-hydrogen) atoms. The lowest BCUT2D eigenvalue weighted by Gasteiger charge is -2.13. The zero-order valence-electron chi connectivity index (χ0n) is 17.1. The number of rotatable bonds is 3. The van der Waals surface area contributed by atoms with Crippen LogP contribution in [0.1, 0.15) is 12.5 Å². The second-order valence-electron chi connectivity index (χ2n) is 7.19. The predicted molar refractivity (Wildman–Crippen MR) is 122 cm³/mol. The number of pyridine rings is 2. The van der Waals surface area contributed by atoms with Gasteiger partial charge in [0, 0.05) is 29.4 Å². The molecule has 0 unspecified atom stereocenters. The Labute approximate surface area is 182 Å². The molecule has 0 fully saturated rings. The maximum atomic E-state index is 12.9. The van der Waals surface area contributed by atoms with E-state index in [0.717, 1.165) is 16.5 Å². The molecule has 0 radical (unpaired) electrons. The van der Waals surface area contributed by atoms with Gasteiger partial charge in [-0.15, -0.1) is 0 Å². The van der Waals surface area contributed by atoms with E-state index in [-0.39, 0.29) is 12.4 Å². The highest BCUT2D eigenvalue weighted by atomic mass is 16.7. The summed E-state index contributed by atoms with van der Waals surface area (Å²) in [5, 5.41) is 5.15. The lowest BCUT2D eigenvalue weighted by atomic mass is 9.98. The Balaban J connectivity index is 1.81. The number of aromatic amines is 1. The maximum absolute atomic E-state index is 12.9. The van der Waals surface area contributed by atoms with Gasteiger partial charge in [0.15, 0.2) is 11.5 Å². The number of nitrogens with one attached hydrogen (secondary N) is 2. The lowest BCUT2D eigenvalue weighted by Crippen LogP contribution is -2.11. The van der Waals surface area contributed by atoms with E-state index in [4.69, 9.17) is 15.2 Å². The van der Waals surface area contributed by atoms with E-state index in [1.165, 1.54) is 6.20 Å². The number of carbonyl (C=O) groups is 1. The minimum absolute atomic E-state index is 0.198. The smallest absolute Gasteiger partial charge is 0.293 e. The zero-order chi connectivity index (χ0) is 22.2. The van der Waals surface area contributed by atoms with E-state index in [9.17, 15) is 9.59 Å². The summed E-state index contributed by atoms with van der Waals surface area (Å²) in [6.45, 7) is 2.80. The van der Waals surface area contributed by atoms with Crippen LogP contribution in [-0.2, 0) is 4.79 Å². The number of benzene rings is 2. The van der Waals surface area contributed by atoms with Gasteiger partial charge in [-0.05, 0) is 36.2 Å². The van der Waals surface area contributed by atoms with Gasteiger partial charge in [0.1, 0.15) is 5.82 Å². The standard InChI is InChI=1S/C24H18N4O4/c1-2-26-23-16-6-3-13(14-4-7-18-19(10-14)32-12-31-18)9-17(16)21-22(28-23)15(5-8-20(25)29)11-27-24(21)30/h3-4,6-7,9-11H,2,12H2,1H3,(H2,25,29)(H,26,28)(H,27,30). The van der Waals surface area contributed by atoms with E-state index in [1.54, 1.807) is 0 Å². The van der Waals surface area contributed by atoms with Gasteiger partial charge in [-0.2, -0.15) is 0 Å². The van der Waals surface area contributed by atoms with Crippen LogP contribution in [0, 0.1) is 11.8 Å². The highest BCUT2D eigenvalue weighted by Crippen LogP contribution is 2.38. The fourth-order valence-electron chi connectivity index (χ4n) is 3.80. The number of hydrogen-bond donors (Lipinski definition) is 3. The molecule has 8 heteroatoms. The molecule has 1 amide bonds. The molecule has 1 aliphatic heterocycles. The molecular weight excluding hydrogens is 408 g/mol. The number of fused-ring (bicyclic) bond motifs is 4. The van der Waals surface area contributed by atoms with Crippen molar-refractivity contribution in [1.82, 2.24) is 9.97 Å². The molecule has 4 aromatic rings. The predicted octanol–water partition coefficient (Wildman–Crippen LogP) is 2.74. The number of hydrogen-bond acceptors (Lipinski definition) is 6. The van der Waals surface area contributed by atoms with Gasteiger partial charge in [-0.1, -0.05) is 24.1 Å². The quantitative estimate of drug-likeness (QED) is 0.342. The summed E-state index contributed by atoms with van der Waals surface area (Å²) >= 11 is 0. The fourth-order valence-corrected chi connectivity index (χ4v) is 3.80. The molecule has 0 atom stereocenters. The number of nitrogens with two attached hydrogens (primary N) is 1. The van der Waals surface area contributed by atoms with Crippen molar-refractivity contribution >= 4 is 33.4 Å². The summed E-state index contributed by atoms with van der Waals surface area (Å²) in [6.07, 6.45) is 1.44. The van der Waals surface area contributed by atoms with Gasteiger partial charge in [0.2, 0.25) is 6.79 Å². The summed E-state index contributed by atoms with van der Waals surface area (Å²) < 4.78 is 10.9. The molecule has 2 aromatic heterocycles. The first-order valence-electron chi connectivity index (χ1n) is 9.99. The van der Waals surface area contributed by atoms with Crippen molar-refractivity contribution in [1.29, 1.82) is 0 Å². The van der Waals surface area contributed by atoms with E-state index in [2.05, 4.69) is 27.1 Å². The molecule has 5 rings (SSSR count). The molecule has 3 heterocycles. The third-order valence-electron chi connectivity index (χ3n) is 5.20. The molecule has 2 aromatic carbocycles. The van der Waals surface area contributed by atoms with Crippen LogP contribution in [0.15, 0.2) is 47.4 Å². The third-order valence-corrected chi connectivity index (χ3v) is 5.20. The molecule has 0 spiro atoms. The average Bonchev–Trinajstić information content (AvgIpc) is 3.26. The second-order valence-corrected chi connectivity index (χ2v) is 7.19. The Morgan fingerprint density at radius 2 is 1.94 bits per heavy atom. The first-order chi connectivity index (χ1) is 15.5. The van der Waals surface area contributed by atoms with Crippen LogP contribution in [0.5, 0.6) is 11.5 Å². The molecule has 8 nitrogen and oxygen atoms in total. The number of H-pyrrole nitrogens is 1. The highest BCUT2D eigenvalue weighted by molar-refractivity contribution is 6.12. The SMILES string of the molecule is CCNc1nc2c(C#CC(N)=O)c[nH]c(=O)c2c2cc(-c3ccc4c(c3)OCO4)ccc12. The molecule has 158 valence electrons. The van der Waals surface area contributed by atoms with Gasteiger partial charge >= 0.3 is 0 Å². The minimum Gasteiger partial charge on any atom is -0.454 e. The monoisotopic (exact) mass is 426 g/mol. The molecular formula is C24H18N4O4. The number of ether oxygens (including phenoxy) is 2. The van der Waals surface area contributed by atoms with Crippen LogP contribution in [0.3, 0.4) is 0 Å². The molecule has 1 aliphatic rings. The van der Waals surface area contributed by atoms with Gasteiger partial charge in [0.25, 0.3) is 11.5 Å². The van der Waals surface area contributed by atoms with Crippen molar-refractivity contribution in [3.8, 4) is 34.5 Å². The Hall–Kier alpha value is -4.51. The average molecular weight is 426 g/mol. The molecule has 4 N–H and O–H groups in total. The Bertz CT molecular complexity index is 1530. The number of anilines is 1. The third kappa shape index (κ3) is 3.26. The van der Waals surface area contributed by atoms with Gasteiger partial charge in [-0.25, -0.2) is 4.98 Å². The Morgan fingerprint density at radius 3 is 2.75 bits per heavy atom. The first-order valence-corrected chi connectivity index (χ1v) is 9.99. The number of aromatic nitrogens is 2. The normalized spacial score (nSPS) is 11.9. The molecule has 0 saturated carbocycles. The van der Waals surface area contributed by atoms with Crippen LogP contribution in [0.2, 0.25) is 0 Å². The van der Waals surface area contributed by atoms with Crippen molar-refractivity contribution in [3.05, 3.63) is 58.5 Å². The summed E-state index contributed by atoms with van der Waals surface area (Å²) in [5.41, 5.74) is 7.50. The van der Waals surface area contributed by atoms with Gasteiger partial charge in [0.05, 0.1) is 16.5 Å².